The van der Waals surface area contributed by atoms with Gasteiger partial charge in [-0.15, -0.1) is 0 Å². The van der Waals surface area contributed by atoms with Crippen molar-refractivity contribution in [2.24, 2.45) is 0 Å². The van der Waals surface area contributed by atoms with E-state index < -0.39 is 26.5 Å². The van der Waals surface area contributed by atoms with E-state index in [1.54, 1.807) is 0 Å². The second-order valence-corrected chi connectivity index (χ2v) is 17.2. The number of rotatable bonds is 39. The molecule has 0 aromatic heterocycles. The third kappa shape index (κ3) is 40.0. The van der Waals surface area contributed by atoms with E-state index in [1.807, 2.05) is 21.1 Å². The Hall–Kier alpha value is -1.51. The van der Waals surface area contributed by atoms with Gasteiger partial charge in [-0.25, -0.2) is 4.57 Å². The minimum atomic E-state index is -4.37. The van der Waals surface area contributed by atoms with Gasteiger partial charge in [0, 0.05) is 12.8 Å². The zero-order chi connectivity index (χ0) is 39.3. The maximum atomic E-state index is 12.7. The second kappa shape index (κ2) is 36.1. The molecule has 0 aromatic rings. The van der Waals surface area contributed by atoms with Crippen molar-refractivity contribution in [2.45, 2.75) is 193 Å². The van der Waals surface area contributed by atoms with Crippen molar-refractivity contribution >= 4 is 19.8 Å². The van der Waals surface area contributed by atoms with Crippen LogP contribution in [0.1, 0.15) is 187 Å². The Labute approximate surface area is 326 Å². The van der Waals surface area contributed by atoms with Crippen molar-refractivity contribution < 1.29 is 42.1 Å². The van der Waals surface area contributed by atoms with Crippen LogP contribution in [0.4, 0.5) is 0 Å². The minimum absolute atomic E-state index is 0.0299. The molecule has 0 aliphatic heterocycles. The number of phosphoric acid groups is 1. The third-order valence-corrected chi connectivity index (χ3v) is 10.2. The molecular formula is C43H83NO8P+. The SMILES string of the molecule is CCCCCCC/C=C\CCCCCCCC(=O)OCC(COP(=O)(O)OCC[N+](C)(C)C)OC(=O)CCCCCCC/C=C\CCCCCCCC. The molecule has 0 spiro atoms. The van der Waals surface area contributed by atoms with E-state index >= 15 is 0 Å². The van der Waals surface area contributed by atoms with Gasteiger partial charge in [0.15, 0.2) is 6.10 Å². The smallest absolute Gasteiger partial charge is 0.462 e. The van der Waals surface area contributed by atoms with Crippen LogP contribution in [0.15, 0.2) is 24.3 Å². The molecule has 2 atom stereocenters. The highest BCUT2D eigenvalue weighted by atomic mass is 31.2. The molecule has 0 fully saturated rings. The van der Waals surface area contributed by atoms with Crippen LogP contribution in [-0.4, -0.2) is 74.9 Å². The van der Waals surface area contributed by atoms with Crippen molar-refractivity contribution in [2.75, 3.05) is 47.5 Å². The van der Waals surface area contributed by atoms with Crippen LogP contribution < -0.4 is 0 Å². The second-order valence-electron chi connectivity index (χ2n) is 15.7. The summed E-state index contributed by atoms with van der Waals surface area (Å²) < 4.78 is 34.3. The summed E-state index contributed by atoms with van der Waals surface area (Å²) in [6, 6.07) is 0. The van der Waals surface area contributed by atoms with Crippen molar-refractivity contribution in [3.63, 3.8) is 0 Å². The molecule has 0 aliphatic carbocycles. The number of allylic oxidation sites excluding steroid dienone is 4. The molecule has 2 unspecified atom stereocenters. The van der Waals surface area contributed by atoms with E-state index in [1.165, 1.54) is 83.5 Å². The fourth-order valence-corrected chi connectivity index (χ4v) is 6.51. The van der Waals surface area contributed by atoms with E-state index in [4.69, 9.17) is 18.5 Å². The summed E-state index contributed by atoms with van der Waals surface area (Å²) >= 11 is 0. The normalized spacial score (nSPS) is 13.8. The van der Waals surface area contributed by atoms with Crippen molar-refractivity contribution in [1.29, 1.82) is 0 Å². The molecule has 0 amide bonds. The first-order chi connectivity index (χ1) is 25.5. The van der Waals surface area contributed by atoms with Gasteiger partial charge in [-0.3, -0.25) is 18.6 Å². The predicted octanol–water partition coefficient (Wildman–Crippen LogP) is 12.0. The van der Waals surface area contributed by atoms with E-state index in [9.17, 15) is 19.0 Å². The molecular weight excluding hydrogens is 689 g/mol. The number of carbonyl (C=O) groups is 2. The Balaban J connectivity index is 4.40. The number of esters is 2. The summed E-state index contributed by atoms with van der Waals surface area (Å²) in [5.41, 5.74) is 0. The lowest BCUT2D eigenvalue weighted by atomic mass is 10.1. The molecule has 1 N–H and O–H groups in total. The predicted molar refractivity (Wildman–Crippen MR) is 220 cm³/mol. The Morgan fingerprint density at radius 1 is 0.566 bits per heavy atom. The van der Waals surface area contributed by atoms with Crippen LogP contribution in [-0.2, 0) is 32.7 Å². The summed E-state index contributed by atoms with van der Waals surface area (Å²) in [5, 5.41) is 0. The standard InChI is InChI=1S/C43H82NO8P/c1-6-8-10-12-14-16-18-20-22-24-26-28-30-32-34-36-43(46)52-41(40-51-53(47,48)50-38-37-44(3,4)5)39-49-42(45)35-33-31-29-27-25-23-21-19-17-15-13-11-9-7-2/h19-22,41H,6-18,23-40H2,1-5H3/p+1/b21-19-,22-20-. The largest absolute Gasteiger partial charge is 0.472 e. The molecule has 0 rings (SSSR count). The van der Waals surface area contributed by atoms with E-state index in [0.717, 1.165) is 70.6 Å². The summed E-state index contributed by atoms with van der Waals surface area (Å²) in [6.45, 7) is 4.39. The summed E-state index contributed by atoms with van der Waals surface area (Å²) in [4.78, 5) is 35.3. The van der Waals surface area contributed by atoms with Gasteiger partial charge in [0.2, 0.25) is 0 Å². The van der Waals surface area contributed by atoms with Crippen LogP contribution in [0.25, 0.3) is 0 Å². The summed E-state index contributed by atoms with van der Waals surface area (Å²) in [6.07, 6.45) is 37.9. The van der Waals surface area contributed by atoms with Gasteiger partial charge in [-0.2, -0.15) is 0 Å². The maximum absolute atomic E-state index is 12.7. The number of nitrogens with zero attached hydrogens (tertiary/aromatic N) is 1. The topological polar surface area (TPSA) is 108 Å². The van der Waals surface area contributed by atoms with Gasteiger partial charge in [0.1, 0.15) is 19.8 Å². The molecule has 312 valence electrons. The molecule has 0 aliphatic rings. The lowest BCUT2D eigenvalue weighted by Gasteiger charge is -2.24. The average molecular weight is 773 g/mol. The molecule has 0 saturated carbocycles. The monoisotopic (exact) mass is 773 g/mol. The van der Waals surface area contributed by atoms with Gasteiger partial charge >= 0.3 is 19.8 Å². The average Bonchev–Trinajstić information content (AvgIpc) is 3.10. The number of ether oxygens (including phenoxy) is 2. The Morgan fingerprint density at radius 3 is 1.40 bits per heavy atom. The molecule has 9 nitrogen and oxygen atoms in total. The first-order valence-corrected chi connectivity index (χ1v) is 23.1. The van der Waals surface area contributed by atoms with Gasteiger partial charge < -0.3 is 18.9 Å². The third-order valence-electron chi connectivity index (χ3n) is 9.20. The van der Waals surface area contributed by atoms with Gasteiger partial charge in [-0.1, -0.05) is 134 Å². The number of hydrogen-bond donors (Lipinski definition) is 1. The number of unbranched alkanes of at least 4 members (excludes halogenated alkanes) is 21. The number of phosphoric ester groups is 1. The Bertz CT molecular complexity index is 964. The van der Waals surface area contributed by atoms with Gasteiger partial charge in [-0.05, 0) is 64.2 Å². The van der Waals surface area contributed by atoms with Crippen LogP contribution in [0.2, 0.25) is 0 Å². The number of quaternary nitrogens is 1. The molecule has 10 heteroatoms. The van der Waals surface area contributed by atoms with Gasteiger partial charge in [0.25, 0.3) is 0 Å². The lowest BCUT2D eigenvalue weighted by molar-refractivity contribution is -0.870. The molecule has 0 saturated heterocycles. The molecule has 0 radical (unpaired) electrons. The van der Waals surface area contributed by atoms with Gasteiger partial charge in [0.05, 0.1) is 27.7 Å². The highest BCUT2D eigenvalue weighted by Crippen LogP contribution is 2.43. The highest BCUT2D eigenvalue weighted by Gasteiger charge is 2.27. The molecule has 0 heterocycles. The molecule has 53 heavy (non-hydrogen) atoms. The van der Waals surface area contributed by atoms with Crippen LogP contribution >= 0.6 is 7.82 Å². The van der Waals surface area contributed by atoms with Crippen molar-refractivity contribution in [1.82, 2.24) is 0 Å². The minimum Gasteiger partial charge on any atom is -0.462 e. The fraction of sp³-hybridized carbons (Fsp3) is 0.860. The number of hydrogen-bond acceptors (Lipinski definition) is 7. The summed E-state index contributed by atoms with van der Waals surface area (Å²) in [7, 11) is 1.47. The van der Waals surface area contributed by atoms with Crippen LogP contribution in [0, 0.1) is 0 Å². The zero-order valence-electron chi connectivity index (χ0n) is 35.0. The Morgan fingerprint density at radius 2 is 0.962 bits per heavy atom. The van der Waals surface area contributed by atoms with Crippen molar-refractivity contribution in [3.8, 4) is 0 Å². The van der Waals surface area contributed by atoms with Crippen LogP contribution in [0.3, 0.4) is 0 Å². The van der Waals surface area contributed by atoms with E-state index in [-0.39, 0.29) is 32.0 Å². The molecule has 0 bridgehead atoms. The zero-order valence-corrected chi connectivity index (χ0v) is 35.9. The number of likely N-dealkylation sites (N-methyl/N-ethyl adjacent to an activating group) is 1. The van der Waals surface area contributed by atoms with Crippen molar-refractivity contribution in [3.05, 3.63) is 24.3 Å². The summed E-state index contributed by atoms with van der Waals surface area (Å²) in [5.74, 6) is -0.815. The first-order valence-electron chi connectivity index (χ1n) is 21.6. The lowest BCUT2D eigenvalue weighted by Crippen LogP contribution is -2.37. The fourth-order valence-electron chi connectivity index (χ4n) is 5.77. The highest BCUT2D eigenvalue weighted by molar-refractivity contribution is 7.47. The quantitative estimate of drug-likeness (QED) is 0.0216. The molecule has 0 aromatic carbocycles. The Kier molecular flexibility index (Phi) is 35.1. The van der Waals surface area contributed by atoms with E-state index in [0.29, 0.717) is 17.4 Å². The number of carbonyl (C=O) groups excluding carboxylic acids is 2. The van der Waals surface area contributed by atoms with E-state index in [2.05, 4.69) is 38.2 Å². The first kappa shape index (κ1) is 51.5. The maximum Gasteiger partial charge on any atom is 0.472 e. The van der Waals surface area contributed by atoms with Crippen LogP contribution in [0.5, 0.6) is 0 Å².